The number of carbonyl (C=O) groups excluding carboxylic acids is 1. The number of benzene rings is 2. The maximum absolute atomic E-state index is 12.4. The maximum atomic E-state index is 12.4. The van der Waals surface area contributed by atoms with Crippen LogP contribution < -0.4 is 10.1 Å². The lowest BCUT2D eigenvalue weighted by Crippen LogP contribution is -2.15. The van der Waals surface area contributed by atoms with E-state index in [1.54, 1.807) is 24.3 Å². The summed E-state index contributed by atoms with van der Waals surface area (Å²) >= 11 is 13.2. The van der Waals surface area contributed by atoms with E-state index in [-0.39, 0.29) is 17.8 Å². The van der Waals surface area contributed by atoms with E-state index in [2.05, 4.69) is 29.0 Å². The summed E-state index contributed by atoms with van der Waals surface area (Å²) in [5.74, 6) is 1.39. The van der Waals surface area contributed by atoms with Crippen LogP contribution in [-0.4, -0.2) is 26.4 Å². The van der Waals surface area contributed by atoms with Crippen LogP contribution >= 0.6 is 35.0 Å². The first-order chi connectivity index (χ1) is 15.4. The standard InChI is InChI=1S/C23H24Cl2N4O2S/c1-4-12-29-22(15(3)31-18-9-6-16(5-2)7-10-18)27-28-23(29)32-14-21(30)26-17-8-11-19(24)20(25)13-17/h4,6-11,13,15H,1,5,12,14H2,2-3H3,(H,26,30). The summed E-state index contributed by atoms with van der Waals surface area (Å²) in [5, 5.41) is 12.8. The van der Waals surface area contributed by atoms with Crippen molar-refractivity contribution in [1.82, 2.24) is 14.8 Å². The van der Waals surface area contributed by atoms with E-state index in [9.17, 15) is 4.79 Å². The van der Waals surface area contributed by atoms with Crippen LogP contribution in [0.25, 0.3) is 0 Å². The fourth-order valence-electron chi connectivity index (χ4n) is 2.97. The summed E-state index contributed by atoms with van der Waals surface area (Å²) in [6, 6.07) is 12.9. The summed E-state index contributed by atoms with van der Waals surface area (Å²) in [6.07, 6.45) is 2.41. The molecular weight excluding hydrogens is 467 g/mol. The number of aryl methyl sites for hydroxylation is 1. The first kappa shape index (κ1) is 24.2. The number of hydrogen-bond donors (Lipinski definition) is 1. The van der Waals surface area contributed by atoms with Gasteiger partial charge in [-0.05, 0) is 49.2 Å². The summed E-state index contributed by atoms with van der Waals surface area (Å²) in [7, 11) is 0. The minimum absolute atomic E-state index is 0.156. The van der Waals surface area contributed by atoms with E-state index in [1.165, 1.54) is 17.3 Å². The molecule has 6 nitrogen and oxygen atoms in total. The van der Waals surface area contributed by atoms with E-state index in [1.807, 2.05) is 35.8 Å². The fourth-order valence-corrected chi connectivity index (χ4v) is 4.02. The van der Waals surface area contributed by atoms with Crippen molar-refractivity contribution in [3.05, 3.63) is 76.6 Å². The highest BCUT2D eigenvalue weighted by atomic mass is 35.5. The highest BCUT2D eigenvalue weighted by molar-refractivity contribution is 7.99. The number of thioether (sulfide) groups is 1. The number of halogens is 2. The topological polar surface area (TPSA) is 69.0 Å². The van der Waals surface area contributed by atoms with Crippen molar-refractivity contribution in [3.8, 4) is 5.75 Å². The van der Waals surface area contributed by atoms with Gasteiger partial charge < -0.3 is 10.1 Å². The van der Waals surface area contributed by atoms with Gasteiger partial charge >= 0.3 is 0 Å². The van der Waals surface area contributed by atoms with Gasteiger partial charge in [-0.1, -0.05) is 60.1 Å². The molecule has 0 aliphatic rings. The molecule has 168 valence electrons. The predicted octanol–water partition coefficient (Wildman–Crippen LogP) is 6.20. The molecule has 0 spiro atoms. The van der Waals surface area contributed by atoms with Gasteiger partial charge in [-0.25, -0.2) is 0 Å². The molecule has 0 bridgehead atoms. The molecule has 3 aromatic rings. The van der Waals surface area contributed by atoms with Gasteiger partial charge in [0.25, 0.3) is 0 Å². The Morgan fingerprint density at radius 3 is 2.62 bits per heavy atom. The van der Waals surface area contributed by atoms with Crippen LogP contribution in [0.1, 0.15) is 31.3 Å². The Balaban J connectivity index is 1.65. The number of ether oxygens (including phenoxy) is 1. The Morgan fingerprint density at radius 1 is 1.22 bits per heavy atom. The molecule has 32 heavy (non-hydrogen) atoms. The second-order valence-electron chi connectivity index (χ2n) is 6.96. The predicted molar refractivity (Wildman–Crippen MR) is 131 cm³/mol. The van der Waals surface area contributed by atoms with E-state index < -0.39 is 0 Å². The second-order valence-corrected chi connectivity index (χ2v) is 8.72. The zero-order valence-corrected chi connectivity index (χ0v) is 20.2. The Labute approximate surface area is 202 Å². The van der Waals surface area contributed by atoms with Gasteiger partial charge in [-0.3, -0.25) is 9.36 Å². The van der Waals surface area contributed by atoms with E-state index in [0.29, 0.717) is 33.3 Å². The van der Waals surface area contributed by atoms with Crippen molar-refractivity contribution in [2.45, 2.75) is 38.1 Å². The zero-order chi connectivity index (χ0) is 23.1. The molecular formula is C23H24Cl2N4O2S. The lowest BCUT2D eigenvalue weighted by molar-refractivity contribution is -0.113. The first-order valence-electron chi connectivity index (χ1n) is 10.1. The minimum atomic E-state index is -0.325. The molecule has 0 aliphatic heterocycles. The number of rotatable bonds is 10. The van der Waals surface area contributed by atoms with Crippen LogP contribution in [0.2, 0.25) is 10.0 Å². The summed E-state index contributed by atoms with van der Waals surface area (Å²) in [6.45, 7) is 8.35. The number of hydrogen-bond acceptors (Lipinski definition) is 5. The molecule has 0 saturated carbocycles. The second kappa shape index (κ2) is 11.4. The highest BCUT2D eigenvalue weighted by Gasteiger charge is 2.20. The van der Waals surface area contributed by atoms with Crippen LogP contribution in [0.15, 0.2) is 60.3 Å². The highest BCUT2D eigenvalue weighted by Crippen LogP contribution is 2.27. The molecule has 1 aromatic heterocycles. The molecule has 9 heteroatoms. The average molecular weight is 491 g/mol. The lowest BCUT2D eigenvalue weighted by Gasteiger charge is -2.16. The third kappa shape index (κ3) is 6.28. The van der Waals surface area contributed by atoms with Crippen molar-refractivity contribution >= 4 is 46.6 Å². The third-order valence-corrected chi connectivity index (χ3v) is 6.31. The van der Waals surface area contributed by atoms with E-state index >= 15 is 0 Å². The monoisotopic (exact) mass is 490 g/mol. The van der Waals surface area contributed by atoms with Crippen molar-refractivity contribution in [1.29, 1.82) is 0 Å². The molecule has 1 N–H and O–H groups in total. The largest absolute Gasteiger partial charge is 0.483 e. The molecule has 0 saturated heterocycles. The average Bonchev–Trinajstić information content (AvgIpc) is 3.18. The zero-order valence-electron chi connectivity index (χ0n) is 17.8. The van der Waals surface area contributed by atoms with Gasteiger partial charge in [-0.2, -0.15) is 0 Å². The number of carbonyl (C=O) groups is 1. The molecule has 3 rings (SSSR count). The van der Waals surface area contributed by atoms with Gasteiger partial charge in [-0.15, -0.1) is 16.8 Å². The van der Waals surface area contributed by atoms with Gasteiger partial charge in [0, 0.05) is 12.2 Å². The Bertz CT molecular complexity index is 1090. The number of allylic oxidation sites excluding steroid dienone is 1. The summed E-state index contributed by atoms with van der Waals surface area (Å²) in [4.78, 5) is 12.4. The van der Waals surface area contributed by atoms with Gasteiger partial charge in [0.2, 0.25) is 5.91 Å². The Hall–Kier alpha value is -2.48. The van der Waals surface area contributed by atoms with Gasteiger partial charge in [0.05, 0.1) is 15.8 Å². The van der Waals surface area contributed by atoms with Gasteiger partial charge in [0.1, 0.15) is 5.75 Å². The van der Waals surface area contributed by atoms with Gasteiger partial charge in [0.15, 0.2) is 17.1 Å². The molecule has 1 unspecified atom stereocenters. The van der Waals surface area contributed by atoms with Crippen LogP contribution in [0, 0.1) is 0 Å². The van der Waals surface area contributed by atoms with Crippen molar-refractivity contribution in [2.24, 2.45) is 0 Å². The molecule has 1 heterocycles. The van der Waals surface area contributed by atoms with Crippen molar-refractivity contribution in [3.63, 3.8) is 0 Å². The van der Waals surface area contributed by atoms with Crippen molar-refractivity contribution in [2.75, 3.05) is 11.1 Å². The Morgan fingerprint density at radius 2 is 1.97 bits per heavy atom. The number of amides is 1. The first-order valence-corrected chi connectivity index (χ1v) is 11.8. The number of nitrogens with one attached hydrogen (secondary N) is 1. The summed E-state index contributed by atoms with van der Waals surface area (Å²) in [5.41, 5.74) is 1.83. The Kier molecular flexibility index (Phi) is 8.61. The number of aromatic nitrogens is 3. The maximum Gasteiger partial charge on any atom is 0.234 e. The quantitative estimate of drug-likeness (QED) is 0.270. The SMILES string of the molecule is C=CCn1c(SCC(=O)Nc2ccc(Cl)c(Cl)c2)nnc1C(C)Oc1ccc(CC)cc1. The minimum Gasteiger partial charge on any atom is -0.483 e. The normalized spacial score (nSPS) is 11.8. The lowest BCUT2D eigenvalue weighted by atomic mass is 10.2. The molecule has 0 fully saturated rings. The van der Waals surface area contributed by atoms with Crippen LogP contribution in [-0.2, 0) is 17.8 Å². The van der Waals surface area contributed by atoms with Crippen LogP contribution in [0.4, 0.5) is 5.69 Å². The third-order valence-electron chi connectivity index (χ3n) is 4.60. The van der Waals surface area contributed by atoms with Crippen LogP contribution in [0.5, 0.6) is 5.75 Å². The molecule has 0 radical (unpaired) electrons. The number of anilines is 1. The molecule has 0 aliphatic carbocycles. The molecule has 1 atom stereocenters. The van der Waals surface area contributed by atoms with Crippen LogP contribution in [0.3, 0.4) is 0 Å². The number of nitrogens with zero attached hydrogens (tertiary/aromatic N) is 3. The molecule has 1 amide bonds. The van der Waals surface area contributed by atoms with Crippen molar-refractivity contribution < 1.29 is 9.53 Å². The molecule has 2 aromatic carbocycles. The fraction of sp³-hybridized carbons (Fsp3) is 0.261. The van der Waals surface area contributed by atoms with E-state index in [0.717, 1.165) is 12.2 Å². The van der Waals surface area contributed by atoms with E-state index in [4.69, 9.17) is 27.9 Å². The summed E-state index contributed by atoms with van der Waals surface area (Å²) < 4.78 is 7.95. The smallest absolute Gasteiger partial charge is 0.234 e.